The number of Topliss-reactive ketones (excluding diaryl/α,β-unsaturated/α-hetero) is 1. The van der Waals surface area contributed by atoms with Gasteiger partial charge in [-0.25, -0.2) is 0 Å². The lowest BCUT2D eigenvalue weighted by molar-refractivity contribution is -0.140. The fourth-order valence-electron chi connectivity index (χ4n) is 2.91. The highest BCUT2D eigenvalue weighted by Gasteiger charge is 2.35. The summed E-state index contributed by atoms with van der Waals surface area (Å²) < 4.78 is 4.67. The number of methoxy groups -OCH3 is 1. The Morgan fingerprint density at radius 1 is 1.28 bits per heavy atom. The van der Waals surface area contributed by atoms with E-state index >= 15 is 0 Å². The lowest BCUT2D eigenvalue weighted by Crippen LogP contribution is -2.29. The van der Waals surface area contributed by atoms with Gasteiger partial charge in [0, 0.05) is 19.3 Å². The van der Waals surface area contributed by atoms with Crippen LogP contribution in [0.1, 0.15) is 39.5 Å². The van der Waals surface area contributed by atoms with Crippen LogP contribution in [0.15, 0.2) is 40.6 Å². The minimum absolute atomic E-state index is 0.0133. The number of nitrogens with two attached hydrogens (primary N) is 1. The van der Waals surface area contributed by atoms with Crippen LogP contribution in [0, 0.1) is 5.41 Å². The third-order valence-corrected chi connectivity index (χ3v) is 4.13. The van der Waals surface area contributed by atoms with Crippen LogP contribution in [0.5, 0.6) is 0 Å². The molecule has 0 amide bonds. The standard InChI is InChI=1S/C19H24N2O4/c1-19(2)10-15(22)18(16(23)11-19)14(8-9-17(24)25-3)21-13-7-5-4-6-12(13)20/h4-7,22H,8-11,20H2,1-3H3. The van der Waals surface area contributed by atoms with Gasteiger partial charge in [-0.15, -0.1) is 0 Å². The first-order valence-electron chi connectivity index (χ1n) is 8.18. The van der Waals surface area contributed by atoms with E-state index in [9.17, 15) is 14.7 Å². The number of allylic oxidation sites excluding steroid dienone is 2. The number of nitrogens with zero attached hydrogens (tertiary/aromatic N) is 1. The molecule has 3 N–H and O–H groups in total. The first kappa shape index (κ1) is 18.7. The summed E-state index contributed by atoms with van der Waals surface area (Å²) in [4.78, 5) is 28.6. The number of aliphatic hydroxyl groups excluding tert-OH is 1. The van der Waals surface area contributed by atoms with Gasteiger partial charge >= 0.3 is 5.97 Å². The molecule has 0 saturated heterocycles. The van der Waals surface area contributed by atoms with Gasteiger partial charge in [0.25, 0.3) is 0 Å². The Labute approximate surface area is 147 Å². The van der Waals surface area contributed by atoms with Gasteiger partial charge in [-0.05, 0) is 17.5 Å². The Morgan fingerprint density at radius 2 is 1.96 bits per heavy atom. The normalized spacial score (nSPS) is 17.6. The third kappa shape index (κ3) is 4.68. The van der Waals surface area contributed by atoms with E-state index in [0.29, 0.717) is 29.9 Å². The van der Waals surface area contributed by atoms with Crippen molar-refractivity contribution in [3.63, 3.8) is 0 Å². The zero-order chi connectivity index (χ0) is 18.6. The lowest BCUT2D eigenvalue weighted by atomic mass is 9.75. The van der Waals surface area contributed by atoms with Crippen LogP contribution >= 0.6 is 0 Å². The molecule has 0 radical (unpaired) electrons. The minimum Gasteiger partial charge on any atom is -0.511 e. The van der Waals surface area contributed by atoms with Crippen LogP contribution in [0.2, 0.25) is 0 Å². The van der Waals surface area contributed by atoms with Crippen LogP contribution in [-0.2, 0) is 14.3 Å². The highest BCUT2D eigenvalue weighted by Crippen LogP contribution is 2.37. The number of carbonyl (C=O) groups is 2. The number of ketones is 1. The van der Waals surface area contributed by atoms with Gasteiger partial charge in [0.05, 0.1) is 36.2 Å². The molecule has 2 rings (SSSR count). The molecular weight excluding hydrogens is 320 g/mol. The molecule has 0 aromatic heterocycles. The third-order valence-electron chi connectivity index (χ3n) is 4.13. The number of para-hydroxylation sites is 2. The van der Waals surface area contributed by atoms with E-state index in [1.165, 1.54) is 7.11 Å². The van der Waals surface area contributed by atoms with Crippen molar-refractivity contribution in [2.75, 3.05) is 12.8 Å². The van der Waals surface area contributed by atoms with Gasteiger partial charge in [0.15, 0.2) is 5.78 Å². The number of aliphatic hydroxyl groups is 1. The van der Waals surface area contributed by atoms with Crippen LogP contribution in [-0.4, -0.2) is 29.7 Å². The summed E-state index contributed by atoms with van der Waals surface area (Å²) in [6, 6.07) is 7.00. The first-order valence-corrected chi connectivity index (χ1v) is 8.18. The summed E-state index contributed by atoms with van der Waals surface area (Å²) in [7, 11) is 1.30. The molecular formula is C19H24N2O4. The highest BCUT2D eigenvalue weighted by molar-refractivity contribution is 6.24. The molecule has 0 bridgehead atoms. The van der Waals surface area contributed by atoms with Gasteiger partial charge in [-0.2, -0.15) is 0 Å². The molecule has 0 atom stereocenters. The fourth-order valence-corrected chi connectivity index (χ4v) is 2.91. The molecule has 1 aromatic carbocycles. The number of carbonyl (C=O) groups excluding carboxylic acids is 2. The fraction of sp³-hybridized carbons (Fsp3) is 0.421. The van der Waals surface area contributed by atoms with Crippen LogP contribution in [0.4, 0.5) is 11.4 Å². The van der Waals surface area contributed by atoms with Crippen molar-refractivity contribution >= 4 is 28.8 Å². The quantitative estimate of drug-likeness (QED) is 0.483. The summed E-state index contributed by atoms with van der Waals surface area (Å²) in [5.74, 6) is -0.566. The van der Waals surface area contributed by atoms with Gasteiger partial charge < -0.3 is 15.6 Å². The van der Waals surface area contributed by atoms with E-state index in [1.54, 1.807) is 24.3 Å². The van der Waals surface area contributed by atoms with Gasteiger partial charge in [-0.1, -0.05) is 26.0 Å². The SMILES string of the molecule is COC(=O)CCC(=Nc1ccccc1N)C1=C(O)CC(C)(C)CC1=O. The second-order valence-electron chi connectivity index (χ2n) is 6.96. The molecule has 0 spiro atoms. The molecule has 134 valence electrons. The molecule has 6 nitrogen and oxygen atoms in total. The summed E-state index contributed by atoms with van der Waals surface area (Å²) in [5.41, 5.74) is 7.15. The number of esters is 1. The molecule has 6 heteroatoms. The second kappa shape index (κ2) is 7.51. The number of benzene rings is 1. The average molecular weight is 344 g/mol. The van der Waals surface area contributed by atoms with Crippen LogP contribution in [0.3, 0.4) is 0 Å². The topological polar surface area (TPSA) is 102 Å². The molecule has 25 heavy (non-hydrogen) atoms. The zero-order valence-electron chi connectivity index (χ0n) is 14.8. The van der Waals surface area contributed by atoms with Crippen molar-refractivity contribution in [1.82, 2.24) is 0 Å². The Kier molecular flexibility index (Phi) is 5.62. The van der Waals surface area contributed by atoms with Crippen molar-refractivity contribution in [1.29, 1.82) is 0 Å². The monoisotopic (exact) mass is 344 g/mol. The summed E-state index contributed by atoms with van der Waals surface area (Å²) >= 11 is 0. The molecule has 0 saturated carbocycles. The Hall–Kier alpha value is -2.63. The first-order chi connectivity index (χ1) is 11.7. The smallest absolute Gasteiger partial charge is 0.305 e. The zero-order valence-corrected chi connectivity index (χ0v) is 14.8. The van der Waals surface area contributed by atoms with Crippen molar-refractivity contribution in [2.45, 2.75) is 39.5 Å². The number of anilines is 1. The number of hydrogen-bond donors (Lipinski definition) is 2. The molecule has 1 aliphatic rings. The molecule has 1 aromatic rings. The summed E-state index contributed by atoms with van der Waals surface area (Å²) in [5, 5.41) is 10.4. The van der Waals surface area contributed by atoms with E-state index in [4.69, 9.17) is 5.73 Å². The van der Waals surface area contributed by atoms with Crippen molar-refractivity contribution in [3.8, 4) is 0 Å². The molecule has 0 fully saturated rings. The van der Waals surface area contributed by atoms with Crippen molar-refractivity contribution in [2.24, 2.45) is 10.4 Å². The largest absolute Gasteiger partial charge is 0.511 e. The van der Waals surface area contributed by atoms with Gasteiger partial charge in [0.1, 0.15) is 5.76 Å². The average Bonchev–Trinajstić information content (AvgIpc) is 2.52. The molecule has 0 unspecified atom stereocenters. The second-order valence-corrected chi connectivity index (χ2v) is 6.96. The van der Waals surface area contributed by atoms with Crippen molar-refractivity contribution in [3.05, 3.63) is 35.6 Å². The predicted molar refractivity (Wildman–Crippen MR) is 96.9 cm³/mol. The summed E-state index contributed by atoms with van der Waals surface area (Å²) in [6.45, 7) is 3.86. The number of aliphatic imine (C=N–C) groups is 1. The Balaban J connectivity index is 2.46. The lowest BCUT2D eigenvalue weighted by Gasteiger charge is -2.30. The van der Waals surface area contributed by atoms with E-state index in [0.717, 1.165) is 0 Å². The Morgan fingerprint density at radius 3 is 2.56 bits per heavy atom. The van der Waals surface area contributed by atoms with Gasteiger partial charge in [-0.3, -0.25) is 14.6 Å². The maximum Gasteiger partial charge on any atom is 0.305 e. The van der Waals surface area contributed by atoms with Crippen molar-refractivity contribution < 1.29 is 19.4 Å². The number of ether oxygens (including phenoxy) is 1. The molecule has 1 aliphatic carbocycles. The van der Waals surface area contributed by atoms with E-state index in [1.807, 2.05) is 13.8 Å². The number of nitrogen functional groups attached to an aromatic ring is 1. The van der Waals surface area contributed by atoms with Gasteiger partial charge in [0.2, 0.25) is 0 Å². The summed E-state index contributed by atoms with van der Waals surface area (Å²) in [6.07, 6.45) is 0.950. The van der Waals surface area contributed by atoms with E-state index in [-0.39, 0.29) is 35.4 Å². The highest BCUT2D eigenvalue weighted by atomic mass is 16.5. The Bertz CT molecular complexity index is 748. The van der Waals surface area contributed by atoms with E-state index in [2.05, 4.69) is 9.73 Å². The van der Waals surface area contributed by atoms with Crippen LogP contribution < -0.4 is 5.73 Å². The molecule has 0 heterocycles. The maximum absolute atomic E-state index is 12.6. The number of hydrogen-bond acceptors (Lipinski definition) is 6. The van der Waals surface area contributed by atoms with E-state index < -0.39 is 5.97 Å². The van der Waals surface area contributed by atoms with Crippen LogP contribution in [0.25, 0.3) is 0 Å². The number of rotatable bonds is 5. The maximum atomic E-state index is 12.6. The predicted octanol–water partition coefficient (Wildman–Crippen LogP) is 3.50. The minimum atomic E-state index is -0.405. The molecule has 0 aliphatic heterocycles.